The van der Waals surface area contributed by atoms with E-state index in [9.17, 15) is 0 Å². The highest BCUT2D eigenvalue weighted by molar-refractivity contribution is 6.88. The van der Waals surface area contributed by atoms with Gasteiger partial charge in [0.25, 0.3) is 0 Å². The molecule has 0 aliphatic carbocycles. The Balaban J connectivity index is 1.79. The van der Waals surface area contributed by atoms with Crippen molar-refractivity contribution in [2.45, 2.75) is 26.6 Å². The maximum atomic E-state index is 2.40. The molecule has 2 aromatic heterocycles. The van der Waals surface area contributed by atoms with Gasteiger partial charge in [-0.3, -0.25) is 0 Å². The molecule has 0 atom stereocenters. The third-order valence-corrected chi connectivity index (χ3v) is 8.34. The smallest absolute Gasteiger partial charge is 0.212 e. The first-order chi connectivity index (χ1) is 14.8. The van der Waals surface area contributed by atoms with Gasteiger partial charge in [-0.05, 0) is 42.8 Å². The van der Waals surface area contributed by atoms with E-state index in [0.29, 0.717) is 0 Å². The van der Waals surface area contributed by atoms with Crippen molar-refractivity contribution >= 4 is 35.1 Å². The summed E-state index contributed by atoms with van der Waals surface area (Å²) in [5.41, 5.74) is 7.56. The van der Waals surface area contributed by atoms with Crippen molar-refractivity contribution in [3.05, 3.63) is 90.6 Å². The molecule has 0 aliphatic rings. The molecule has 0 N–H and O–H groups in total. The monoisotopic (exact) mass is 421 g/mol. The fourth-order valence-electron chi connectivity index (χ4n) is 4.58. The molecule has 0 unspecified atom stereocenters. The van der Waals surface area contributed by atoms with E-state index in [0.717, 1.165) is 0 Å². The number of aromatic nitrogens is 2. The lowest BCUT2D eigenvalue weighted by molar-refractivity contribution is -0.659. The van der Waals surface area contributed by atoms with Gasteiger partial charge in [-0.15, -0.1) is 0 Å². The Hall–Kier alpha value is -3.17. The summed E-state index contributed by atoms with van der Waals surface area (Å²) in [5, 5.41) is 4.08. The van der Waals surface area contributed by atoms with E-state index < -0.39 is 8.07 Å². The first kappa shape index (κ1) is 19.8. The number of aryl methyl sites for hydroxylation is 2. The maximum Gasteiger partial charge on any atom is 0.212 e. The zero-order valence-electron chi connectivity index (χ0n) is 19.0. The third-order valence-electron chi connectivity index (χ3n) is 6.31. The molecule has 0 aliphatic heterocycles. The standard InChI is InChI=1S/C28H29N2Si/c1-20-17-28-25(18-24(20)26-16-15-22(19-29(26)2)31(3,4)5)23-13-9-10-14-27(23)30(28)21-11-7-6-8-12-21/h6-19H,1-5H3/q+1. The summed E-state index contributed by atoms with van der Waals surface area (Å²) < 4.78 is 4.69. The van der Waals surface area contributed by atoms with Gasteiger partial charge in [0, 0.05) is 33.3 Å². The molecule has 0 saturated heterocycles. The largest absolute Gasteiger partial charge is 0.309 e. The minimum absolute atomic E-state index is 1.20. The van der Waals surface area contributed by atoms with E-state index in [-0.39, 0.29) is 0 Å². The van der Waals surface area contributed by atoms with Gasteiger partial charge in [0.2, 0.25) is 5.69 Å². The van der Waals surface area contributed by atoms with Gasteiger partial charge in [-0.1, -0.05) is 62.1 Å². The van der Waals surface area contributed by atoms with E-state index in [1.54, 1.807) is 0 Å². The zero-order valence-corrected chi connectivity index (χ0v) is 20.0. The predicted octanol–water partition coefficient (Wildman–Crippen LogP) is 6.13. The van der Waals surface area contributed by atoms with Gasteiger partial charge in [0.15, 0.2) is 6.20 Å². The van der Waals surface area contributed by atoms with Crippen LogP contribution in [0, 0.1) is 6.92 Å². The van der Waals surface area contributed by atoms with E-state index >= 15 is 0 Å². The predicted molar refractivity (Wildman–Crippen MR) is 135 cm³/mol. The van der Waals surface area contributed by atoms with Crippen molar-refractivity contribution in [1.82, 2.24) is 4.57 Å². The van der Waals surface area contributed by atoms with Crippen molar-refractivity contribution in [3.8, 4) is 16.9 Å². The van der Waals surface area contributed by atoms with Crippen LogP contribution in [0.5, 0.6) is 0 Å². The van der Waals surface area contributed by atoms with E-state index in [4.69, 9.17) is 0 Å². The minimum atomic E-state index is -1.34. The number of hydrogen-bond donors (Lipinski definition) is 0. The molecule has 154 valence electrons. The van der Waals surface area contributed by atoms with Gasteiger partial charge in [-0.25, -0.2) is 4.57 Å². The van der Waals surface area contributed by atoms with Crippen LogP contribution in [0.3, 0.4) is 0 Å². The van der Waals surface area contributed by atoms with Gasteiger partial charge < -0.3 is 4.57 Å². The first-order valence-corrected chi connectivity index (χ1v) is 14.4. The van der Waals surface area contributed by atoms with Crippen molar-refractivity contribution in [2.24, 2.45) is 7.05 Å². The first-order valence-electron chi connectivity index (χ1n) is 10.9. The topological polar surface area (TPSA) is 8.81 Å². The van der Waals surface area contributed by atoms with Crippen molar-refractivity contribution in [3.63, 3.8) is 0 Å². The van der Waals surface area contributed by atoms with Crippen LogP contribution in [0.15, 0.2) is 85.1 Å². The molecule has 3 heteroatoms. The molecule has 0 bridgehead atoms. The van der Waals surface area contributed by atoms with Gasteiger partial charge in [-0.2, -0.15) is 0 Å². The average Bonchev–Trinajstić information content (AvgIpc) is 3.06. The number of benzene rings is 3. The molecule has 0 amide bonds. The number of pyridine rings is 1. The van der Waals surface area contributed by atoms with E-state index in [1.165, 1.54) is 49.5 Å². The highest BCUT2D eigenvalue weighted by atomic mass is 28.3. The Bertz CT molecular complexity index is 1420. The molecule has 0 radical (unpaired) electrons. The number of hydrogen-bond acceptors (Lipinski definition) is 0. The summed E-state index contributed by atoms with van der Waals surface area (Å²) in [5.74, 6) is 0. The lowest BCUT2D eigenvalue weighted by Crippen LogP contribution is -2.44. The highest BCUT2D eigenvalue weighted by Crippen LogP contribution is 2.35. The number of rotatable bonds is 3. The summed E-state index contributed by atoms with van der Waals surface area (Å²) in [6.07, 6.45) is 2.33. The van der Waals surface area contributed by atoms with Crippen molar-refractivity contribution < 1.29 is 4.57 Å². The van der Waals surface area contributed by atoms with Gasteiger partial charge >= 0.3 is 0 Å². The Labute approximate surface area is 185 Å². The second-order valence-electron chi connectivity index (χ2n) is 9.54. The van der Waals surface area contributed by atoms with Crippen molar-refractivity contribution in [1.29, 1.82) is 0 Å². The Kier molecular flexibility index (Phi) is 4.60. The summed E-state index contributed by atoms with van der Waals surface area (Å²) in [4.78, 5) is 0. The van der Waals surface area contributed by atoms with Crippen LogP contribution in [-0.4, -0.2) is 12.6 Å². The molecule has 5 aromatic rings. The molecule has 0 fully saturated rings. The second-order valence-corrected chi connectivity index (χ2v) is 14.6. The molecular weight excluding hydrogens is 392 g/mol. The summed E-state index contributed by atoms with van der Waals surface area (Å²) in [6, 6.07) is 28.8. The highest BCUT2D eigenvalue weighted by Gasteiger charge is 2.23. The van der Waals surface area contributed by atoms with Crippen LogP contribution in [-0.2, 0) is 7.05 Å². The van der Waals surface area contributed by atoms with Gasteiger partial charge in [0.05, 0.1) is 19.1 Å². The molecule has 2 heterocycles. The fraction of sp³-hybridized carbons (Fsp3) is 0.179. The SMILES string of the molecule is Cc1cc2c(cc1-c1ccc([Si](C)(C)C)c[n+]1C)c1ccccc1n2-c1ccccc1. The number of para-hydroxylation sites is 2. The van der Waals surface area contributed by atoms with Crippen LogP contribution in [0.4, 0.5) is 0 Å². The van der Waals surface area contributed by atoms with Crippen LogP contribution in [0.2, 0.25) is 19.6 Å². The van der Waals surface area contributed by atoms with Crippen molar-refractivity contribution in [2.75, 3.05) is 0 Å². The van der Waals surface area contributed by atoms with Crippen LogP contribution in [0.1, 0.15) is 5.56 Å². The summed E-state index contributed by atoms with van der Waals surface area (Å²) >= 11 is 0. The molecule has 31 heavy (non-hydrogen) atoms. The minimum Gasteiger partial charge on any atom is -0.309 e. The number of nitrogens with zero attached hydrogens (tertiary/aromatic N) is 2. The third kappa shape index (κ3) is 3.30. The lowest BCUT2D eigenvalue weighted by Gasteiger charge is -2.15. The quantitative estimate of drug-likeness (QED) is 0.245. The Morgan fingerprint density at radius 3 is 2.16 bits per heavy atom. The Morgan fingerprint density at radius 2 is 1.45 bits per heavy atom. The van der Waals surface area contributed by atoms with Crippen LogP contribution in [0.25, 0.3) is 38.8 Å². The number of fused-ring (bicyclic) bond motifs is 3. The van der Waals surface area contributed by atoms with Gasteiger partial charge in [0.1, 0.15) is 7.05 Å². The van der Waals surface area contributed by atoms with E-state index in [1.807, 2.05) is 0 Å². The Morgan fingerprint density at radius 1 is 0.742 bits per heavy atom. The molecule has 0 saturated carbocycles. The fourth-order valence-corrected chi connectivity index (χ4v) is 5.75. The normalized spacial score (nSPS) is 12.0. The van der Waals surface area contributed by atoms with Crippen LogP contribution < -0.4 is 9.75 Å². The van der Waals surface area contributed by atoms with E-state index in [2.05, 4.69) is 128 Å². The maximum absolute atomic E-state index is 2.40. The molecule has 5 rings (SSSR count). The average molecular weight is 422 g/mol. The summed E-state index contributed by atoms with van der Waals surface area (Å²) in [7, 11) is 0.836. The van der Waals surface area contributed by atoms with Crippen LogP contribution >= 0.6 is 0 Å². The summed E-state index contributed by atoms with van der Waals surface area (Å²) in [6.45, 7) is 9.43. The molecular formula is C28H29N2Si+. The lowest BCUT2D eigenvalue weighted by atomic mass is 10.0. The molecule has 3 aromatic carbocycles. The molecule has 2 nitrogen and oxygen atoms in total. The molecule has 0 spiro atoms. The second kappa shape index (κ2) is 7.21. The zero-order chi connectivity index (χ0) is 21.8.